The maximum atomic E-state index is 9.88. The number of benzene rings is 1. The van der Waals surface area contributed by atoms with Crippen molar-refractivity contribution in [1.82, 2.24) is 10.2 Å². The number of rotatable bonds is 5. The molecule has 22 heavy (non-hydrogen) atoms. The van der Waals surface area contributed by atoms with E-state index in [9.17, 15) is 5.11 Å². The van der Waals surface area contributed by atoms with Crippen molar-refractivity contribution in [2.75, 3.05) is 39.9 Å². The van der Waals surface area contributed by atoms with Gasteiger partial charge in [0.15, 0.2) is 0 Å². The number of nitrogens with one attached hydrogen (secondary N) is 1. The monoisotopic (exact) mass is 392 g/mol. The Labute approximate surface area is 147 Å². The lowest BCUT2D eigenvalue weighted by atomic mass is 9.79. The molecule has 1 saturated heterocycles. The van der Waals surface area contributed by atoms with Crippen LogP contribution in [0.3, 0.4) is 0 Å². The van der Waals surface area contributed by atoms with Gasteiger partial charge >= 0.3 is 0 Å². The average molecular weight is 394 g/mol. The highest BCUT2D eigenvalue weighted by atomic mass is 79.9. The number of hydrogen-bond acceptors (Lipinski definition) is 4. The molecule has 1 aromatic rings. The van der Waals surface area contributed by atoms with E-state index in [1.165, 1.54) is 5.56 Å². The van der Waals surface area contributed by atoms with Crippen LogP contribution in [0.2, 0.25) is 0 Å². The van der Waals surface area contributed by atoms with Gasteiger partial charge in [0.25, 0.3) is 0 Å². The van der Waals surface area contributed by atoms with Crippen molar-refractivity contribution < 1.29 is 9.84 Å². The fourth-order valence-electron chi connectivity index (χ4n) is 3.00. The third-order valence-electron chi connectivity index (χ3n) is 4.16. The first-order chi connectivity index (χ1) is 9.99. The lowest BCUT2D eigenvalue weighted by Gasteiger charge is -2.44. The van der Waals surface area contributed by atoms with E-state index in [2.05, 4.69) is 46.1 Å². The topological polar surface area (TPSA) is 44.7 Å². The standard InChI is InChI=1S/C16H25BrN2O2.ClH/c1-16(2,11-20)15(19-8-6-18-7-9-19)13-10-12(21-3)4-5-14(13)17;/h4-5,10,15,18,20H,6-9,11H2,1-3H3;1H/t15-;/m0./s1. The van der Waals surface area contributed by atoms with Crippen LogP contribution in [-0.2, 0) is 0 Å². The van der Waals surface area contributed by atoms with Crippen LogP contribution in [0.4, 0.5) is 0 Å². The van der Waals surface area contributed by atoms with E-state index in [1.807, 2.05) is 12.1 Å². The van der Waals surface area contributed by atoms with Gasteiger partial charge in [0.1, 0.15) is 5.75 Å². The zero-order chi connectivity index (χ0) is 15.5. The first-order valence-corrected chi connectivity index (χ1v) is 8.18. The SMILES string of the molecule is COc1ccc(Br)c([C@H](N2CCNCC2)C(C)(C)CO)c1.Cl. The van der Waals surface area contributed by atoms with Gasteiger partial charge in [-0.1, -0.05) is 29.8 Å². The van der Waals surface area contributed by atoms with Gasteiger partial charge in [-0.2, -0.15) is 0 Å². The van der Waals surface area contributed by atoms with Crippen LogP contribution in [0, 0.1) is 5.41 Å². The molecule has 1 aliphatic heterocycles. The second-order valence-corrected chi connectivity index (χ2v) is 7.08. The van der Waals surface area contributed by atoms with Crippen LogP contribution >= 0.6 is 28.3 Å². The van der Waals surface area contributed by atoms with Gasteiger partial charge in [-0.05, 0) is 23.8 Å². The Bertz CT molecular complexity index is 479. The molecule has 0 aliphatic carbocycles. The fourth-order valence-corrected chi connectivity index (χ4v) is 3.46. The quantitative estimate of drug-likeness (QED) is 0.807. The van der Waals surface area contributed by atoms with E-state index in [0.29, 0.717) is 0 Å². The fraction of sp³-hybridized carbons (Fsp3) is 0.625. The van der Waals surface area contributed by atoms with Crippen molar-refractivity contribution in [2.24, 2.45) is 5.41 Å². The predicted molar refractivity (Wildman–Crippen MR) is 96.0 cm³/mol. The molecule has 2 N–H and O–H groups in total. The van der Waals surface area contributed by atoms with Gasteiger partial charge in [-0.3, -0.25) is 4.90 Å². The van der Waals surface area contributed by atoms with Crippen molar-refractivity contribution in [3.05, 3.63) is 28.2 Å². The molecule has 0 amide bonds. The molecule has 1 aromatic carbocycles. The summed E-state index contributed by atoms with van der Waals surface area (Å²) < 4.78 is 6.44. The summed E-state index contributed by atoms with van der Waals surface area (Å²) in [6.07, 6.45) is 0. The number of ether oxygens (including phenoxy) is 1. The number of nitrogens with zero attached hydrogens (tertiary/aromatic N) is 1. The van der Waals surface area contributed by atoms with E-state index in [-0.39, 0.29) is 30.5 Å². The first-order valence-electron chi connectivity index (χ1n) is 7.38. The molecule has 0 saturated carbocycles. The third-order valence-corrected chi connectivity index (χ3v) is 4.88. The number of hydrogen-bond donors (Lipinski definition) is 2. The van der Waals surface area contributed by atoms with Gasteiger partial charge in [0.2, 0.25) is 0 Å². The molecule has 6 heteroatoms. The van der Waals surface area contributed by atoms with E-state index in [4.69, 9.17) is 4.74 Å². The highest BCUT2D eigenvalue weighted by molar-refractivity contribution is 9.10. The van der Waals surface area contributed by atoms with E-state index >= 15 is 0 Å². The molecule has 0 aromatic heterocycles. The number of piperazine rings is 1. The summed E-state index contributed by atoms with van der Waals surface area (Å²) in [6, 6.07) is 6.20. The Morgan fingerprint density at radius 1 is 1.36 bits per heavy atom. The first kappa shape index (κ1) is 19.7. The van der Waals surface area contributed by atoms with Crippen molar-refractivity contribution in [1.29, 1.82) is 0 Å². The number of halogens is 2. The zero-order valence-corrected chi connectivity index (χ0v) is 15.8. The summed E-state index contributed by atoms with van der Waals surface area (Å²) in [4.78, 5) is 2.45. The normalized spacial score (nSPS) is 17.7. The molecule has 1 atom stereocenters. The van der Waals surface area contributed by atoms with Gasteiger partial charge < -0.3 is 15.2 Å². The predicted octanol–water partition coefficient (Wildman–Crippen LogP) is 2.84. The van der Waals surface area contributed by atoms with Gasteiger partial charge in [-0.15, -0.1) is 12.4 Å². The summed E-state index contributed by atoms with van der Waals surface area (Å²) in [5.41, 5.74) is 0.946. The molecule has 0 unspecified atom stereocenters. The average Bonchev–Trinajstić information content (AvgIpc) is 2.50. The van der Waals surface area contributed by atoms with Crippen LogP contribution in [-0.4, -0.2) is 49.9 Å². The van der Waals surface area contributed by atoms with E-state index in [1.54, 1.807) is 7.11 Å². The summed E-state index contributed by atoms with van der Waals surface area (Å²) >= 11 is 3.67. The number of aliphatic hydroxyl groups is 1. The van der Waals surface area contributed by atoms with Crippen LogP contribution in [0.25, 0.3) is 0 Å². The van der Waals surface area contributed by atoms with Gasteiger partial charge in [0, 0.05) is 48.7 Å². The van der Waals surface area contributed by atoms with Crippen molar-refractivity contribution in [2.45, 2.75) is 19.9 Å². The third kappa shape index (κ3) is 4.36. The molecular weight excluding hydrogens is 368 g/mol. The lowest BCUT2D eigenvalue weighted by Crippen LogP contribution is -2.49. The zero-order valence-electron chi connectivity index (χ0n) is 13.4. The second-order valence-electron chi connectivity index (χ2n) is 6.22. The van der Waals surface area contributed by atoms with Crippen molar-refractivity contribution >= 4 is 28.3 Å². The number of methoxy groups -OCH3 is 1. The lowest BCUT2D eigenvalue weighted by molar-refractivity contribution is 0.0300. The molecule has 1 fully saturated rings. The maximum Gasteiger partial charge on any atom is 0.119 e. The molecule has 1 heterocycles. The Morgan fingerprint density at radius 3 is 2.55 bits per heavy atom. The molecule has 126 valence electrons. The Hall–Kier alpha value is -0.330. The highest BCUT2D eigenvalue weighted by Crippen LogP contribution is 2.42. The summed E-state index contributed by atoms with van der Waals surface area (Å²) in [6.45, 7) is 8.32. The molecule has 4 nitrogen and oxygen atoms in total. The summed E-state index contributed by atoms with van der Waals surface area (Å²) in [5.74, 6) is 0.849. The van der Waals surface area contributed by atoms with Crippen LogP contribution in [0.1, 0.15) is 25.5 Å². The van der Waals surface area contributed by atoms with Crippen LogP contribution < -0.4 is 10.1 Å². The molecule has 0 spiro atoms. The smallest absolute Gasteiger partial charge is 0.119 e. The summed E-state index contributed by atoms with van der Waals surface area (Å²) in [7, 11) is 1.68. The van der Waals surface area contributed by atoms with Gasteiger partial charge in [0.05, 0.1) is 7.11 Å². The summed E-state index contributed by atoms with van der Waals surface area (Å²) in [5, 5.41) is 13.3. The largest absolute Gasteiger partial charge is 0.497 e. The highest BCUT2D eigenvalue weighted by Gasteiger charge is 2.36. The minimum atomic E-state index is -0.230. The molecule has 0 radical (unpaired) electrons. The molecule has 0 bridgehead atoms. The minimum absolute atomic E-state index is 0. The minimum Gasteiger partial charge on any atom is -0.497 e. The Morgan fingerprint density at radius 2 is 2.00 bits per heavy atom. The van der Waals surface area contributed by atoms with Crippen molar-refractivity contribution in [3.63, 3.8) is 0 Å². The van der Waals surface area contributed by atoms with E-state index in [0.717, 1.165) is 36.4 Å². The molecule has 1 aliphatic rings. The van der Waals surface area contributed by atoms with E-state index < -0.39 is 0 Å². The van der Waals surface area contributed by atoms with Crippen LogP contribution in [0.15, 0.2) is 22.7 Å². The van der Waals surface area contributed by atoms with Crippen molar-refractivity contribution in [3.8, 4) is 5.75 Å². The van der Waals surface area contributed by atoms with Crippen LogP contribution in [0.5, 0.6) is 5.75 Å². The second kappa shape index (κ2) is 8.50. The Balaban J connectivity index is 0.00000242. The van der Waals surface area contributed by atoms with Gasteiger partial charge in [-0.25, -0.2) is 0 Å². The molecule has 2 rings (SSSR count). The Kier molecular flexibility index (Phi) is 7.62. The maximum absolute atomic E-state index is 9.88. The molecular formula is C16H26BrClN2O2. The number of aliphatic hydroxyl groups excluding tert-OH is 1.